The molecule has 0 saturated heterocycles. The van der Waals surface area contributed by atoms with Gasteiger partial charge in [-0.3, -0.25) is 9.59 Å². The first-order valence-electron chi connectivity index (χ1n) is 22.2. The smallest absolute Gasteiger partial charge is 0.306 e. The molecule has 0 heterocycles. The number of hydrogen-bond acceptors (Lipinski definition) is 5. The maximum Gasteiger partial charge on any atom is 0.306 e. The highest BCUT2D eigenvalue weighted by Crippen LogP contribution is 2.16. The van der Waals surface area contributed by atoms with Crippen LogP contribution in [0.2, 0.25) is 0 Å². The van der Waals surface area contributed by atoms with Gasteiger partial charge in [0.1, 0.15) is 6.61 Å². The molecular formula is C45H86O5. The van der Waals surface area contributed by atoms with Crippen LogP contribution in [-0.2, 0) is 19.1 Å². The Bertz CT molecular complexity index is 720. The summed E-state index contributed by atoms with van der Waals surface area (Å²) in [6.45, 7) is 4.14. The van der Waals surface area contributed by atoms with Crippen LogP contribution in [0, 0.1) is 0 Å². The fourth-order valence-electron chi connectivity index (χ4n) is 6.67. The number of hydrogen-bond donors (Lipinski definition) is 1. The van der Waals surface area contributed by atoms with Gasteiger partial charge in [-0.1, -0.05) is 206 Å². The predicted molar refractivity (Wildman–Crippen MR) is 215 cm³/mol. The van der Waals surface area contributed by atoms with Crippen LogP contribution < -0.4 is 0 Å². The number of esters is 2. The molecule has 1 unspecified atom stereocenters. The van der Waals surface area contributed by atoms with Crippen molar-refractivity contribution in [2.45, 2.75) is 251 Å². The second-order valence-corrected chi connectivity index (χ2v) is 15.1. The van der Waals surface area contributed by atoms with Crippen LogP contribution in [0.3, 0.4) is 0 Å². The first-order valence-corrected chi connectivity index (χ1v) is 22.2. The average Bonchev–Trinajstić information content (AvgIpc) is 3.12. The Hall–Kier alpha value is -1.36. The molecule has 0 bridgehead atoms. The Kier molecular flexibility index (Phi) is 40.9. The maximum atomic E-state index is 12.2. The lowest BCUT2D eigenvalue weighted by molar-refractivity contribution is -0.161. The molecule has 5 nitrogen and oxygen atoms in total. The van der Waals surface area contributed by atoms with E-state index in [4.69, 9.17) is 9.47 Å². The van der Waals surface area contributed by atoms with Crippen molar-refractivity contribution < 1.29 is 24.2 Å². The summed E-state index contributed by atoms with van der Waals surface area (Å²) in [7, 11) is 0. The minimum atomic E-state index is -0.763. The summed E-state index contributed by atoms with van der Waals surface area (Å²) in [5.41, 5.74) is 0. The van der Waals surface area contributed by atoms with Gasteiger partial charge in [-0.2, -0.15) is 0 Å². The summed E-state index contributed by atoms with van der Waals surface area (Å²) in [6.07, 6.45) is 48.8. The van der Waals surface area contributed by atoms with E-state index in [0.717, 1.165) is 38.5 Å². The monoisotopic (exact) mass is 707 g/mol. The van der Waals surface area contributed by atoms with Crippen LogP contribution in [-0.4, -0.2) is 36.4 Å². The number of allylic oxidation sites excluding steroid dienone is 2. The van der Waals surface area contributed by atoms with Crippen molar-refractivity contribution >= 4 is 11.9 Å². The van der Waals surface area contributed by atoms with E-state index in [1.54, 1.807) is 0 Å². The Morgan fingerprint density at radius 1 is 0.440 bits per heavy atom. The molecule has 0 aliphatic carbocycles. The molecule has 0 fully saturated rings. The minimum Gasteiger partial charge on any atom is -0.462 e. The zero-order valence-corrected chi connectivity index (χ0v) is 33.7. The van der Waals surface area contributed by atoms with Crippen molar-refractivity contribution in [1.29, 1.82) is 0 Å². The van der Waals surface area contributed by atoms with Crippen LogP contribution in [0.1, 0.15) is 245 Å². The molecule has 0 aromatic heterocycles. The van der Waals surface area contributed by atoms with E-state index in [-0.39, 0.29) is 25.2 Å². The largest absolute Gasteiger partial charge is 0.462 e. The zero-order valence-electron chi connectivity index (χ0n) is 33.7. The Balaban J connectivity index is 3.41. The lowest BCUT2D eigenvalue weighted by Gasteiger charge is -2.15. The lowest BCUT2D eigenvalue weighted by Crippen LogP contribution is -2.28. The molecule has 0 aliphatic rings. The Morgan fingerprint density at radius 3 is 1.08 bits per heavy atom. The van der Waals surface area contributed by atoms with Gasteiger partial charge in [0.2, 0.25) is 0 Å². The third-order valence-corrected chi connectivity index (χ3v) is 10.1. The zero-order chi connectivity index (χ0) is 36.4. The van der Waals surface area contributed by atoms with Gasteiger partial charge in [0, 0.05) is 12.8 Å². The molecular weight excluding hydrogens is 620 g/mol. The molecule has 1 atom stereocenters. The van der Waals surface area contributed by atoms with Crippen molar-refractivity contribution in [3.05, 3.63) is 12.2 Å². The highest BCUT2D eigenvalue weighted by atomic mass is 16.6. The summed E-state index contributed by atoms with van der Waals surface area (Å²) < 4.78 is 10.6. The second kappa shape index (κ2) is 42.1. The fraction of sp³-hybridized carbons (Fsp3) is 0.911. The molecule has 0 amide bonds. The number of ether oxygens (including phenoxy) is 2. The van der Waals surface area contributed by atoms with E-state index in [0.29, 0.717) is 12.8 Å². The quantitative estimate of drug-likeness (QED) is 0.0389. The second-order valence-electron chi connectivity index (χ2n) is 15.1. The molecule has 5 heteroatoms. The highest BCUT2D eigenvalue weighted by Gasteiger charge is 2.16. The minimum absolute atomic E-state index is 0.0595. The molecule has 0 radical (unpaired) electrons. The van der Waals surface area contributed by atoms with E-state index >= 15 is 0 Å². The van der Waals surface area contributed by atoms with E-state index in [9.17, 15) is 14.7 Å². The number of carbonyl (C=O) groups is 2. The number of unbranched alkanes of at least 4 members (excludes halogenated alkanes) is 31. The van der Waals surface area contributed by atoms with Crippen molar-refractivity contribution in [2.24, 2.45) is 0 Å². The molecule has 0 saturated carbocycles. The van der Waals surface area contributed by atoms with Crippen molar-refractivity contribution in [1.82, 2.24) is 0 Å². The molecule has 0 aromatic rings. The average molecular weight is 707 g/mol. The summed E-state index contributed by atoms with van der Waals surface area (Å²) >= 11 is 0. The van der Waals surface area contributed by atoms with Gasteiger partial charge < -0.3 is 14.6 Å². The standard InChI is InChI=1S/C45H86O5/c1-3-5-7-9-11-13-14-15-16-17-18-19-20-21-22-23-24-25-26-27-28-29-30-32-34-36-38-40-45(48)50-43(41-46)42-49-44(47)39-37-35-33-31-12-10-8-6-4-2/h17-18,43,46H,3-16,19-42H2,1-2H3/b18-17-. The SMILES string of the molecule is CCCCCCCCCC/C=C\CCCCCCCCCCCCCCCCCC(=O)OC(CO)COC(=O)CCCCCCCCCCC. The Morgan fingerprint density at radius 2 is 0.740 bits per heavy atom. The summed E-state index contributed by atoms with van der Waals surface area (Å²) in [5, 5.41) is 9.54. The van der Waals surface area contributed by atoms with Gasteiger partial charge >= 0.3 is 11.9 Å². The van der Waals surface area contributed by atoms with Crippen LogP contribution >= 0.6 is 0 Å². The number of aliphatic hydroxyl groups excluding tert-OH is 1. The number of rotatable bonds is 41. The molecule has 296 valence electrons. The van der Waals surface area contributed by atoms with Crippen LogP contribution in [0.15, 0.2) is 12.2 Å². The first kappa shape index (κ1) is 48.6. The predicted octanol–water partition coefficient (Wildman–Crippen LogP) is 14.1. The van der Waals surface area contributed by atoms with E-state index in [1.807, 2.05) is 0 Å². The number of carbonyl (C=O) groups excluding carboxylic acids is 2. The molecule has 1 N–H and O–H groups in total. The molecule has 0 spiro atoms. The molecule has 50 heavy (non-hydrogen) atoms. The van der Waals surface area contributed by atoms with Gasteiger partial charge in [-0.15, -0.1) is 0 Å². The van der Waals surface area contributed by atoms with Crippen molar-refractivity contribution in [3.8, 4) is 0 Å². The van der Waals surface area contributed by atoms with Crippen LogP contribution in [0.5, 0.6) is 0 Å². The third-order valence-electron chi connectivity index (χ3n) is 10.1. The number of aliphatic hydroxyl groups is 1. The van der Waals surface area contributed by atoms with Crippen molar-refractivity contribution in [3.63, 3.8) is 0 Å². The van der Waals surface area contributed by atoms with Crippen LogP contribution in [0.25, 0.3) is 0 Å². The Labute approximate surface area is 311 Å². The van der Waals surface area contributed by atoms with Gasteiger partial charge in [-0.05, 0) is 38.5 Å². The van der Waals surface area contributed by atoms with Crippen LogP contribution in [0.4, 0.5) is 0 Å². The highest BCUT2D eigenvalue weighted by molar-refractivity contribution is 5.70. The van der Waals surface area contributed by atoms with Gasteiger partial charge in [0.25, 0.3) is 0 Å². The van der Waals surface area contributed by atoms with Crippen molar-refractivity contribution in [2.75, 3.05) is 13.2 Å². The summed E-state index contributed by atoms with van der Waals surface area (Å²) in [5.74, 6) is -0.581. The van der Waals surface area contributed by atoms with E-state index < -0.39 is 6.10 Å². The normalized spacial score (nSPS) is 12.1. The van der Waals surface area contributed by atoms with E-state index in [1.165, 1.54) is 180 Å². The molecule has 0 aliphatic heterocycles. The summed E-state index contributed by atoms with van der Waals surface area (Å²) in [6, 6.07) is 0. The maximum absolute atomic E-state index is 12.2. The fourth-order valence-corrected chi connectivity index (χ4v) is 6.67. The molecule has 0 rings (SSSR count). The third kappa shape index (κ3) is 39.4. The van der Waals surface area contributed by atoms with E-state index in [2.05, 4.69) is 26.0 Å². The lowest BCUT2D eigenvalue weighted by atomic mass is 10.0. The van der Waals surface area contributed by atoms with Gasteiger partial charge in [0.05, 0.1) is 6.61 Å². The summed E-state index contributed by atoms with van der Waals surface area (Å²) in [4.78, 5) is 24.2. The topological polar surface area (TPSA) is 72.8 Å². The molecule has 0 aromatic carbocycles. The first-order chi connectivity index (χ1) is 24.6. The van der Waals surface area contributed by atoms with Gasteiger partial charge in [-0.25, -0.2) is 0 Å². The van der Waals surface area contributed by atoms with Gasteiger partial charge in [0.15, 0.2) is 6.10 Å².